The number of amides is 1. The van der Waals surface area contributed by atoms with Crippen molar-refractivity contribution in [1.82, 2.24) is 19.9 Å². The molecule has 1 amide bonds. The molecule has 138 valence electrons. The van der Waals surface area contributed by atoms with Crippen molar-refractivity contribution in [3.63, 3.8) is 0 Å². The number of carbonyl (C=O) groups excluding carboxylic acids is 1. The molecule has 2 aromatic rings. The lowest BCUT2D eigenvalue weighted by atomic mass is 9.83. The predicted molar refractivity (Wildman–Crippen MR) is 97.4 cm³/mol. The number of nitrogens with zero attached hydrogens (tertiary/aromatic N) is 3. The molecule has 0 saturated heterocycles. The topological polar surface area (TPSA) is 94.5 Å². The number of carbonyl (C=O) groups is 1. The van der Waals surface area contributed by atoms with Crippen LogP contribution < -0.4 is 11.1 Å². The minimum atomic E-state index is -0.0501. The highest BCUT2D eigenvalue weighted by atomic mass is 35.5. The summed E-state index contributed by atoms with van der Waals surface area (Å²) in [7, 11) is 0. The van der Waals surface area contributed by atoms with Crippen LogP contribution in [-0.2, 0) is 16.1 Å². The Morgan fingerprint density at radius 1 is 1.40 bits per heavy atom. The van der Waals surface area contributed by atoms with Crippen LogP contribution in [0.1, 0.15) is 38.4 Å². The second-order valence-electron chi connectivity index (χ2n) is 6.35. The first-order valence-electron chi connectivity index (χ1n) is 8.62. The summed E-state index contributed by atoms with van der Waals surface area (Å²) in [6.07, 6.45) is 5.14. The van der Waals surface area contributed by atoms with Gasteiger partial charge in [0.25, 0.3) is 0 Å². The smallest absolute Gasteiger partial charge is 0.223 e. The Labute approximate surface area is 153 Å². The molecular weight excluding hydrogens is 342 g/mol. The molecule has 0 radical (unpaired) electrons. The Kier molecular flexibility index (Phi) is 7.16. The van der Waals surface area contributed by atoms with Gasteiger partial charge in [0.15, 0.2) is 11.5 Å². The first kappa shape index (κ1) is 19.6. The largest absolute Gasteiger partial charge is 0.377 e. The Hall–Kier alpha value is -1.70. The summed E-state index contributed by atoms with van der Waals surface area (Å²) < 4.78 is 7.68. The predicted octanol–water partition coefficient (Wildman–Crippen LogP) is 1.69. The Morgan fingerprint density at radius 2 is 2.24 bits per heavy atom. The summed E-state index contributed by atoms with van der Waals surface area (Å²) in [5.74, 6) is 0.718. The van der Waals surface area contributed by atoms with E-state index in [1.807, 2.05) is 28.8 Å². The van der Waals surface area contributed by atoms with Crippen molar-refractivity contribution in [1.29, 1.82) is 0 Å². The lowest BCUT2D eigenvalue weighted by molar-refractivity contribution is -0.128. The number of pyridine rings is 1. The summed E-state index contributed by atoms with van der Waals surface area (Å²) in [6, 6.07) is 5.74. The highest BCUT2D eigenvalue weighted by molar-refractivity contribution is 5.85. The van der Waals surface area contributed by atoms with Gasteiger partial charge in [-0.25, -0.2) is 0 Å². The molecule has 3 rings (SSSR count). The number of hydrogen-bond donors (Lipinski definition) is 2. The number of halogens is 1. The molecule has 0 aromatic carbocycles. The highest BCUT2D eigenvalue weighted by Crippen LogP contribution is 2.26. The molecule has 7 nitrogen and oxygen atoms in total. The van der Waals surface area contributed by atoms with E-state index in [2.05, 4.69) is 22.4 Å². The van der Waals surface area contributed by atoms with E-state index in [0.29, 0.717) is 19.6 Å². The summed E-state index contributed by atoms with van der Waals surface area (Å²) >= 11 is 0. The van der Waals surface area contributed by atoms with Gasteiger partial charge in [0.05, 0.1) is 12.6 Å². The number of nitrogens with two attached hydrogens (primary N) is 1. The summed E-state index contributed by atoms with van der Waals surface area (Å²) in [6.45, 7) is 3.13. The van der Waals surface area contributed by atoms with Gasteiger partial charge in [-0.15, -0.1) is 22.6 Å². The van der Waals surface area contributed by atoms with Crippen LogP contribution >= 0.6 is 12.4 Å². The molecule has 3 atom stereocenters. The van der Waals surface area contributed by atoms with Crippen molar-refractivity contribution in [3.05, 3.63) is 30.2 Å². The number of rotatable bonds is 6. The quantitative estimate of drug-likeness (QED) is 0.810. The second kappa shape index (κ2) is 9.12. The molecule has 1 aliphatic rings. The molecule has 1 saturated carbocycles. The van der Waals surface area contributed by atoms with Crippen LogP contribution in [0.15, 0.2) is 24.4 Å². The van der Waals surface area contributed by atoms with Crippen LogP contribution in [0.25, 0.3) is 5.65 Å². The van der Waals surface area contributed by atoms with Crippen LogP contribution in [-0.4, -0.2) is 39.3 Å². The van der Waals surface area contributed by atoms with Crippen molar-refractivity contribution >= 4 is 24.0 Å². The molecule has 8 heteroatoms. The molecule has 0 spiro atoms. The fourth-order valence-electron chi connectivity index (χ4n) is 3.17. The van der Waals surface area contributed by atoms with E-state index in [-0.39, 0.29) is 36.4 Å². The van der Waals surface area contributed by atoms with Gasteiger partial charge in [-0.1, -0.05) is 13.0 Å². The van der Waals surface area contributed by atoms with E-state index < -0.39 is 0 Å². The number of ether oxygens (including phenoxy) is 1. The van der Waals surface area contributed by atoms with Gasteiger partial charge < -0.3 is 15.8 Å². The molecule has 1 fully saturated rings. The third-order valence-electron chi connectivity index (χ3n) is 4.55. The number of nitrogens with one attached hydrogen (secondary N) is 1. The molecule has 2 aromatic heterocycles. The van der Waals surface area contributed by atoms with Crippen LogP contribution in [0, 0.1) is 5.92 Å². The lowest BCUT2D eigenvalue weighted by Gasteiger charge is -2.33. The molecule has 0 bridgehead atoms. The molecule has 3 N–H and O–H groups in total. The van der Waals surface area contributed by atoms with Gasteiger partial charge in [-0.2, -0.15) is 0 Å². The molecule has 2 heterocycles. The van der Waals surface area contributed by atoms with E-state index in [9.17, 15) is 4.79 Å². The maximum absolute atomic E-state index is 12.5. The fourth-order valence-corrected chi connectivity index (χ4v) is 3.17. The third-order valence-corrected chi connectivity index (χ3v) is 4.55. The second-order valence-corrected chi connectivity index (χ2v) is 6.35. The Morgan fingerprint density at radius 3 is 3.04 bits per heavy atom. The molecular formula is C17H26ClN5O2. The zero-order valence-electron chi connectivity index (χ0n) is 14.4. The maximum atomic E-state index is 12.5. The zero-order chi connectivity index (χ0) is 16.9. The molecule has 0 aliphatic heterocycles. The molecule has 0 unspecified atom stereocenters. The minimum absolute atomic E-state index is 0. The van der Waals surface area contributed by atoms with Gasteiger partial charge in [-0.05, 0) is 37.8 Å². The average molecular weight is 368 g/mol. The van der Waals surface area contributed by atoms with E-state index in [4.69, 9.17) is 10.5 Å². The van der Waals surface area contributed by atoms with Crippen molar-refractivity contribution in [3.8, 4) is 0 Å². The van der Waals surface area contributed by atoms with Gasteiger partial charge in [0.2, 0.25) is 5.91 Å². The number of aromatic nitrogens is 3. The summed E-state index contributed by atoms with van der Waals surface area (Å²) in [5, 5.41) is 11.2. The van der Waals surface area contributed by atoms with Gasteiger partial charge in [-0.3, -0.25) is 9.20 Å². The minimum Gasteiger partial charge on any atom is -0.377 e. The monoisotopic (exact) mass is 367 g/mol. The van der Waals surface area contributed by atoms with Gasteiger partial charge in [0.1, 0.15) is 0 Å². The Balaban J connectivity index is 0.00000225. The summed E-state index contributed by atoms with van der Waals surface area (Å²) in [4.78, 5) is 12.5. The Bertz CT molecular complexity index is 692. The van der Waals surface area contributed by atoms with Crippen LogP contribution in [0.5, 0.6) is 0 Å². The van der Waals surface area contributed by atoms with Gasteiger partial charge >= 0.3 is 0 Å². The van der Waals surface area contributed by atoms with Crippen LogP contribution in [0.2, 0.25) is 0 Å². The first-order chi connectivity index (χ1) is 11.7. The summed E-state index contributed by atoms with van der Waals surface area (Å²) in [5.41, 5.74) is 6.89. The highest BCUT2D eigenvalue weighted by Gasteiger charge is 2.32. The van der Waals surface area contributed by atoms with Crippen LogP contribution in [0.3, 0.4) is 0 Å². The molecule has 25 heavy (non-hydrogen) atoms. The van der Waals surface area contributed by atoms with Gasteiger partial charge in [0, 0.05) is 24.8 Å². The average Bonchev–Trinajstić information content (AvgIpc) is 3.02. The van der Waals surface area contributed by atoms with E-state index in [0.717, 1.165) is 30.7 Å². The van der Waals surface area contributed by atoms with Crippen molar-refractivity contribution in [2.24, 2.45) is 11.7 Å². The van der Waals surface area contributed by atoms with E-state index in [1.54, 1.807) is 0 Å². The third kappa shape index (κ3) is 4.68. The van der Waals surface area contributed by atoms with Crippen molar-refractivity contribution < 1.29 is 9.53 Å². The molecule has 1 aliphatic carbocycles. The van der Waals surface area contributed by atoms with Crippen molar-refractivity contribution in [2.45, 2.75) is 51.3 Å². The van der Waals surface area contributed by atoms with Crippen LogP contribution in [0.4, 0.5) is 0 Å². The lowest BCUT2D eigenvalue weighted by Crippen LogP contribution is -2.45. The normalized spacial score (nSPS) is 23.2. The number of hydrogen-bond acceptors (Lipinski definition) is 5. The fraction of sp³-hybridized carbons (Fsp3) is 0.588. The first-order valence-corrected chi connectivity index (χ1v) is 8.62. The maximum Gasteiger partial charge on any atom is 0.223 e. The standard InChI is InChI=1S/C17H25N5O2.ClH/c1-2-9-24-14-10-12(6-7-13(14)18)17(23)19-11-16-21-20-15-5-3-4-8-22(15)16;/h3-5,8,12-14H,2,6-7,9-11,18H2,1H3,(H,19,23);1H/t12-,13+,14+;/m0./s1. The SMILES string of the molecule is CCCO[C@@H]1C[C@@H](C(=O)NCc2nnc3ccccn23)CC[C@H]1N.Cl. The van der Waals surface area contributed by atoms with E-state index in [1.165, 1.54) is 0 Å². The number of fused-ring (bicyclic) bond motifs is 1. The van der Waals surface area contributed by atoms with Crippen molar-refractivity contribution in [2.75, 3.05) is 6.61 Å². The van der Waals surface area contributed by atoms with E-state index >= 15 is 0 Å². The zero-order valence-corrected chi connectivity index (χ0v) is 15.2.